The SMILES string of the molecule is Cc1cc2c3c(c1)N(c1ccc(C(C)(C)C)cc1-c1cccc(-c4ccccc4)c1)c1c(oc4ccc(C(C)(C)C)cc14)B3c1cc3c(cc1N2c1ccc2c(c1)C(C)(C)CCC2(C)C)C(C)(C)CCC3(C)C. The average Bonchev–Trinajstić information content (AvgIpc) is 3.72. The first-order chi connectivity index (χ1) is 34.3. The van der Waals surface area contributed by atoms with E-state index in [2.05, 4.69) is 247 Å². The molecule has 0 bridgehead atoms. The van der Waals surface area contributed by atoms with Gasteiger partial charge in [-0.2, -0.15) is 0 Å². The second-order valence-corrected chi connectivity index (χ2v) is 27.2. The molecule has 0 N–H and O–H groups in total. The van der Waals surface area contributed by atoms with Crippen LogP contribution < -0.4 is 26.4 Å². The van der Waals surface area contributed by atoms with E-state index in [0.29, 0.717) is 0 Å². The Kier molecular flexibility index (Phi) is 10.4. The normalized spacial score (nSPS) is 17.9. The molecule has 0 amide bonds. The molecule has 2 aliphatic carbocycles. The van der Waals surface area contributed by atoms with E-state index >= 15 is 0 Å². The lowest BCUT2D eigenvalue weighted by molar-refractivity contribution is 0.332. The van der Waals surface area contributed by atoms with Gasteiger partial charge >= 0.3 is 0 Å². The van der Waals surface area contributed by atoms with Crippen LogP contribution in [0, 0.1) is 6.92 Å². The molecular weight excluding hydrogens is 884 g/mol. The third kappa shape index (κ3) is 7.50. The van der Waals surface area contributed by atoms with Crippen molar-refractivity contribution in [3.05, 3.63) is 172 Å². The van der Waals surface area contributed by atoms with Gasteiger partial charge in [-0.3, -0.25) is 0 Å². The Morgan fingerprint density at radius 1 is 0.466 bits per heavy atom. The Morgan fingerprint density at radius 2 is 1.03 bits per heavy atom. The highest BCUT2D eigenvalue weighted by Gasteiger charge is 2.50. The zero-order valence-corrected chi connectivity index (χ0v) is 46.4. The van der Waals surface area contributed by atoms with E-state index in [1.807, 2.05) is 0 Å². The number of furan rings is 1. The van der Waals surface area contributed by atoms with Gasteiger partial charge in [-0.1, -0.05) is 170 Å². The summed E-state index contributed by atoms with van der Waals surface area (Å²) in [6, 6.07) is 52.0. The fourth-order valence-corrected chi connectivity index (χ4v) is 13.3. The van der Waals surface area contributed by atoms with Gasteiger partial charge in [-0.25, -0.2) is 0 Å². The largest absolute Gasteiger partial charge is 0.468 e. The van der Waals surface area contributed by atoms with Crippen molar-refractivity contribution >= 4 is 68.4 Å². The highest BCUT2D eigenvalue weighted by molar-refractivity contribution is 7.00. The molecule has 0 spiro atoms. The number of anilines is 6. The quantitative estimate of drug-likeness (QED) is 0.164. The van der Waals surface area contributed by atoms with Crippen LogP contribution in [0.25, 0.3) is 33.2 Å². The van der Waals surface area contributed by atoms with Crippen LogP contribution in [0.15, 0.2) is 138 Å². The molecule has 3 heterocycles. The Hall–Kier alpha value is -6.26. The van der Waals surface area contributed by atoms with E-state index in [1.54, 1.807) is 0 Å². The lowest BCUT2D eigenvalue weighted by atomic mass is 9.35. The van der Waals surface area contributed by atoms with Gasteiger partial charge in [-0.15, -0.1) is 0 Å². The summed E-state index contributed by atoms with van der Waals surface area (Å²) in [5.74, 6) is 0. The van der Waals surface area contributed by atoms with Gasteiger partial charge in [-0.05, 0) is 192 Å². The fraction of sp³-hybridized carbons (Fsp3) is 0.362. The van der Waals surface area contributed by atoms with E-state index in [4.69, 9.17) is 4.42 Å². The highest BCUT2D eigenvalue weighted by atomic mass is 16.3. The topological polar surface area (TPSA) is 19.6 Å². The third-order valence-electron chi connectivity index (χ3n) is 18.1. The molecule has 4 aliphatic rings. The Bertz CT molecular complexity index is 3570. The van der Waals surface area contributed by atoms with Crippen LogP contribution in [-0.2, 0) is 32.5 Å². The van der Waals surface area contributed by atoms with Gasteiger partial charge in [0.05, 0.1) is 17.0 Å². The lowest BCUT2D eigenvalue weighted by Gasteiger charge is -2.47. The lowest BCUT2D eigenvalue weighted by Crippen LogP contribution is -2.61. The summed E-state index contributed by atoms with van der Waals surface area (Å²) in [4.78, 5) is 5.30. The maximum Gasteiger partial charge on any atom is 0.297 e. The van der Waals surface area contributed by atoms with Crippen molar-refractivity contribution in [1.82, 2.24) is 0 Å². The summed E-state index contributed by atoms with van der Waals surface area (Å²) < 4.78 is 7.59. The molecule has 1 aromatic heterocycles. The minimum Gasteiger partial charge on any atom is -0.468 e. The molecular formula is C69H75BN2O. The molecule has 12 rings (SSSR count). The smallest absolute Gasteiger partial charge is 0.297 e. The molecule has 4 heteroatoms. The molecule has 0 saturated heterocycles. The number of hydrogen-bond acceptors (Lipinski definition) is 3. The molecule has 73 heavy (non-hydrogen) atoms. The zero-order valence-electron chi connectivity index (χ0n) is 46.4. The van der Waals surface area contributed by atoms with E-state index in [0.717, 1.165) is 47.3 Å². The summed E-state index contributed by atoms with van der Waals surface area (Å²) in [6.07, 6.45) is 4.65. The molecule has 0 saturated carbocycles. The maximum atomic E-state index is 7.59. The zero-order chi connectivity index (χ0) is 51.5. The number of aryl methyl sites for hydroxylation is 1. The maximum absolute atomic E-state index is 7.59. The summed E-state index contributed by atoms with van der Waals surface area (Å²) in [5, 5.41) is 1.16. The minimum absolute atomic E-state index is 0.0134. The van der Waals surface area contributed by atoms with Crippen LogP contribution in [-0.4, -0.2) is 6.71 Å². The standard InChI is InChI=1S/C69H75BN2O/c1-42-34-58-61-59(35-42)72(56-28-24-46(64(2,3)4)37-49(56)45-23-19-22-44(36-45)43-20-17-16-18-21-43)62-50-38-47(65(5,6)7)25-29-60(50)73-63(62)70(61)55-40-53-54(69(14,15)33-32-68(53,12)13)41-57(55)71(58)48-26-27-51-52(39-48)67(10,11)31-30-66(51,8)9/h16-29,34-41H,30-33H2,1-15H3. The van der Waals surface area contributed by atoms with Gasteiger partial charge < -0.3 is 14.2 Å². The number of hydrogen-bond donors (Lipinski definition) is 0. The number of benzene rings is 7. The summed E-state index contributed by atoms with van der Waals surface area (Å²) in [5.41, 5.74) is 26.4. The van der Waals surface area contributed by atoms with Gasteiger partial charge in [0.15, 0.2) is 0 Å². The first-order valence-electron chi connectivity index (χ1n) is 27.3. The molecule has 0 atom stereocenters. The van der Waals surface area contributed by atoms with Gasteiger partial charge in [0.25, 0.3) is 6.71 Å². The highest BCUT2D eigenvalue weighted by Crippen LogP contribution is 2.54. The van der Waals surface area contributed by atoms with Crippen molar-refractivity contribution in [1.29, 1.82) is 0 Å². The van der Waals surface area contributed by atoms with Gasteiger partial charge in [0.1, 0.15) is 5.58 Å². The van der Waals surface area contributed by atoms with Crippen LogP contribution in [0.4, 0.5) is 34.1 Å². The molecule has 2 aliphatic heterocycles. The van der Waals surface area contributed by atoms with Crippen molar-refractivity contribution in [2.24, 2.45) is 0 Å². The molecule has 3 nitrogen and oxygen atoms in total. The predicted molar refractivity (Wildman–Crippen MR) is 314 cm³/mol. The van der Waals surface area contributed by atoms with Crippen LogP contribution in [0.3, 0.4) is 0 Å². The van der Waals surface area contributed by atoms with Crippen molar-refractivity contribution in [3.8, 4) is 22.3 Å². The monoisotopic (exact) mass is 959 g/mol. The summed E-state index contributed by atoms with van der Waals surface area (Å²) >= 11 is 0. The van der Waals surface area contributed by atoms with E-state index in [1.165, 1.54) is 101 Å². The van der Waals surface area contributed by atoms with Crippen molar-refractivity contribution < 1.29 is 4.42 Å². The predicted octanol–water partition coefficient (Wildman–Crippen LogP) is 17.5. The average molecular weight is 959 g/mol. The Morgan fingerprint density at radius 3 is 1.68 bits per heavy atom. The second kappa shape index (κ2) is 15.9. The first-order valence-corrected chi connectivity index (χ1v) is 27.3. The Balaban J connectivity index is 1.21. The molecule has 0 radical (unpaired) electrons. The van der Waals surface area contributed by atoms with Gasteiger partial charge in [0, 0.05) is 33.7 Å². The summed E-state index contributed by atoms with van der Waals surface area (Å²) in [7, 11) is 0. The summed E-state index contributed by atoms with van der Waals surface area (Å²) in [6.45, 7) is 35.9. The van der Waals surface area contributed by atoms with Crippen molar-refractivity contribution in [3.63, 3.8) is 0 Å². The second-order valence-electron chi connectivity index (χ2n) is 27.2. The number of rotatable bonds is 4. The van der Waals surface area contributed by atoms with Gasteiger partial charge in [0.2, 0.25) is 0 Å². The Labute approximate surface area is 437 Å². The molecule has 370 valence electrons. The fourth-order valence-electron chi connectivity index (χ4n) is 13.3. The molecule has 8 aromatic rings. The number of fused-ring (bicyclic) bond motifs is 8. The van der Waals surface area contributed by atoms with E-state index in [-0.39, 0.29) is 39.2 Å². The first kappa shape index (κ1) is 47.7. The molecule has 7 aromatic carbocycles. The molecule has 0 unspecified atom stereocenters. The van der Waals surface area contributed by atoms with Crippen LogP contribution in [0.2, 0.25) is 0 Å². The molecule has 0 fully saturated rings. The third-order valence-corrected chi connectivity index (χ3v) is 18.1. The van der Waals surface area contributed by atoms with Crippen molar-refractivity contribution in [2.45, 2.75) is 162 Å². The van der Waals surface area contributed by atoms with E-state index < -0.39 is 0 Å². The van der Waals surface area contributed by atoms with Crippen molar-refractivity contribution in [2.75, 3.05) is 9.80 Å². The van der Waals surface area contributed by atoms with Crippen LogP contribution >= 0.6 is 0 Å². The van der Waals surface area contributed by atoms with Crippen LogP contribution in [0.1, 0.15) is 162 Å². The minimum atomic E-state index is -0.147. The van der Waals surface area contributed by atoms with E-state index in [9.17, 15) is 0 Å². The van der Waals surface area contributed by atoms with Crippen LogP contribution in [0.5, 0.6) is 0 Å². The number of nitrogens with zero attached hydrogens (tertiary/aromatic N) is 2.